The van der Waals surface area contributed by atoms with E-state index in [1.54, 1.807) is 0 Å². The van der Waals surface area contributed by atoms with E-state index in [9.17, 15) is 24.0 Å². The van der Waals surface area contributed by atoms with E-state index in [0.717, 1.165) is 19.1 Å². The highest BCUT2D eigenvalue weighted by molar-refractivity contribution is 6.05. The average Bonchev–Trinajstić information content (AvgIpc) is 2.93. The average molecular weight is 573 g/mol. The maximum absolute atomic E-state index is 11.7. The molecule has 15 nitrogen and oxygen atoms in total. The molecule has 40 heavy (non-hydrogen) atoms. The van der Waals surface area contributed by atoms with E-state index in [4.69, 9.17) is 32.0 Å². The quantitative estimate of drug-likeness (QED) is 0.0321. The van der Waals surface area contributed by atoms with Crippen LogP contribution in [0.2, 0.25) is 0 Å². The van der Waals surface area contributed by atoms with Crippen LogP contribution in [-0.4, -0.2) is 135 Å². The van der Waals surface area contributed by atoms with Crippen LogP contribution >= 0.6 is 0 Å². The highest BCUT2D eigenvalue weighted by Crippen LogP contribution is 1.98. The van der Waals surface area contributed by atoms with Gasteiger partial charge in [-0.2, -0.15) is 0 Å². The minimum Gasteiger partial charge on any atom is -0.480 e. The molecule has 0 aromatic heterocycles. The van der Waals surface area contributed by atoms with E-state index >= 15 is 0 Å². The van der Waals surface area contributed by atoms with Crippen molar-refractivity contribution in [3.63, 3.8) is 0 Å². The Morgan fingerprint density at radius 1 is 0.750 bits per heavy atom. The number of hydrogen-bond donors (Lipinski definition) is 6. The lowest BCUT2D eigenvalue weighted by Gasteiger charge is -2.11. The summed E-state index contributed by atoms with van der Waals surface area (Å²) in [6, 6.07) is -1.13. The summed E-state index contributed by atoms with van der Waals surface area (Å²) in [7, 11) is 6.73. The molecule has 0 saturated heterocycles. The number of carbonyl (C=O) groups excluding carboxylic acids is 4. The molecule has 16 heteroatoms. The van der Waals surface area contributed by atoms with Crippen LogP contribution < -0.4 is 26.5 Å². The van der Waals surface area contributed by atoms with Crippen LogP contribution in [0.3, 0.4) is 0 Å². The summed E-state index contributed by atoms with van der Waals surface area (Å²) in [5.74, 6) is -1.79. The van der Waals surface area contributed by atoms with Crippen LogP contribution in [0.4, 0.5) is 0 Å². The Kier molecular flexibility index (Phi) is 24.8. The second kappa shape index (κ2) is 26.6. The molecule has 0 aromatic rings. The van der Waals surface area contributed by atoms with Gasteiger partial charge in [0.15, 0.2) is 7.98 Å². The molecule has 0 aliphatic carbocycles. The number of carboxylic acid groups (broad SMARTS) is 1. The highest BCUT2D eigenvalue weighted by atomic mass is 16.5. The van der Waals surface area contributed by atoms with Crippen LogP contribution in [-0.2, 0) is 42.9 Å². The molecular weight excluding hydrogens is 529 g/mol. The van der Waals surface area contributed by atoms with Gasteiger partial charge in [-0.05, 0) is 32.7 Å². The Labute approximate surface area is 236 Å². The summed E-state index contributed by atoms with van der Waals surface area (Å²) in [4.78, 5) is 56.5. The molecule has 2 unspecified atom stereocenters. The topological polar surface area (TPSA) is 203 Å². The first kappa shape index (κ1) is 37.4. The second-order valence-electron chi connectivity index (χ2n) is 8.50. The lowest BCUT2D eigenvalue weighted by atomic mass is 10.1. The fraction of sp³-hybridized carbons (Fsp3) is 0.792. The number of hydrogen-bond acceptors (Lipinski definition) is 11. The first-order valence-corrected chi connectivity index (χ1v) is 13.3. The zero-order valence-electron chi connectivity index (χ0n) is 23.2. The number of carboxylic acids is 1. The molecule has 0 rings (SSSR count). The van der Waals surface area contributed by atoms with E-state index in [-0.39, 0.29) is 96.0 Å². The molecule has 0 fully saturated rings. The lowest BCUT2D eigenvalue weighted by molar-refractivity contribution is -0.139. The minimum absolute atomic E-state index is 0.0803. The molecule has 2 atom stereocenters. The summed E-state index contributed by atoms with van der Waals surface area (Å²) in [6.07, 6.45) is 3.12. The van der Waals surface area contributed by atoms with Crippen molar-refractivity contribution in [1.82, 2.24) is 26.5 Å². The zero-order valence-corrected chi connectivity index (χ0v) is 23.2. The van der Waals surface area contributed by atoms with E-state index in [2.05, 4.69) is 26.5 Å². The minimum atomic E-state index is -1.00. The van der Waals surface area contributed by atoms with Crippen molar-refractivity contribution >= 4 is 38.0 Å². The summed E-state index contributed by atoms with van der Waals surface area (Å²) in [5, 5.41) is 21.9. The van der Waals surface area contributed by atoms with Gasteiger partial charge >= 0.3 is 5.97 Å². The fourth-order valence-corrected chi connectivity index (χ4v) is 3.06. The maximum atomic E-state index is 11.7. The second-order valence-corrected chi connectivity index (χ2v) is 8.50. The van der Waals surface area contributed by atoms with Crippen molar-refractivity contribution in [3.05, 3.63) is 0 Å². The number of unbranched alkanes of at least 4 members (excludes halogenated alkanes) is 1. The smallest absolute Gasteiger partial charge is 0.320 e. The summed E-state index contributed by atoms with van der Waals surface area (Å²) >= 11 is 0. The van der Waals surface area contributed by atoms with E-state index < -0.39 is 12.0 Å². The van der Waals surface area contributed by atoms with Gasteiger partial charge in [0.2, 0.25) is 17.7 Å². The number of likely N-dealkylation sites (N-methyl/N-ethyl adjacent to an activating group) is 1. The van der Waals surface area contributed by atoms with Crippen molar-refractivity contribution in [1.29, 1.82) is 0 Å². The molecule has 6 N–H and O–H groups in total. The third kappa shape index (κ3) is 23.3. The molecule has 0 bridgehead atoms. The molecule has 228 valence electrons. The number of carbonyl (C=O) groups is 5. The van der Waals surface area contributed by atoms with Gasteiger partial charge in [0, 0.05) is 26.1 Å². The van der Waals surface area contributed by atoms with Crippen LogP contribution in [0.5, 0.6) is 0 Å². The Morgan fingerprint density at radius 3 is 1.77 bits per heavy atom. The summed E-state index contributed by atoms with van der Waals surface area (Å²) in [6.45, 7) is 2.37. The van der Waals surface area contributed by atoms with Crippen molar-refractivity contribution in [2.24, 2.45) is 0 Å². The van der Waals surface area contributed by atoms with Crippen molar-refractivity contribution in [2.45, 2.75) is 44.2 Å². The Balaban J connectivity index is 3.44. The number of amides is 3. The van der Waals surface area contributed by atoms with Crippen molar-refractivity contribution < 1.29 is 48.0 Å². The molecular formula is C24H44BN5O10. The predicted octanol–water partition coefficient (Wildman–Crippen LogP) is -2.73. The number of ether oxygens (including phenoxy) is 4. The van der Waals surface area contributed by atoms with Gasteiger partial charge in [-0.15, -0.1) is 0 Å². The molecule has 3 amide bonds. The predicted molar refractivity (Wildman–Crippen MR) is 145 cm³/mol. The van der Waals surface area contributed by atoms with Crippen molar-refractivity contribution in [2.75, 3.05) is 79.5 Å². The molecule has 0 aliphatic rings. The van der Waals surface area contributed by atoms with Crippen LogP contribution in [0, 0.1) is 0 Å². The molecule has 0 heterocycles. The SMILES string of the molecule is [B]NC(C=O)CCCCNC(=O)COCCOCCNC(=O)COCCOCCNC(=O)CCC(NC)C(=O)O. The molecule has 0 aromatic carbocycles. The monoisotopic (exact) mass is 573 g/mol. The Bertz CT molecular complexity index is 720. The largest absolute Gasteiger partial charge is 0.480 e. The third-order valence-corrected chi connectivity index (χ3v) is 5.30. The summed E-state index contributed by atoms with van der Waals surface area (Å²) < 4.78 is 21.1. The summed E-state index contributed by atoms with van der Waals surface area (Å²) in [5.41, 5.74) is 0. The number of aldehydes is 1. The Morgan fingerprint density at radius 2 is 1.27 bits per heavy atom. The van der Waals surface area contributed by atoms with Gasteiger partial charge in [0.05, 0.1) is 45.7 Å². The van der Waals surface area contributed by atoms with Gasteiger partial charge in [0.25, 0.3) is 0 Å². The molecule has 0 spiro atoms. The van der Waals surface area contributed by atoms with Crippen LogP contribution in [0.15, 0.2) is 0 Å². The van der Waals surface area contributed by atoms with E-state index in [0.29, 0.717) is 19.5 Å². The highest BCUT2D eigenvalue weighted by Gasteiger charge is 2.16. The number of aliphatic carboxylic acids is 1. The van der Waals surface area contributed by atoms with Gasteiger partial charge in [-0.25, -0.2) is 0 Å². The first-order valence-electron chi connectivity index (χ1n) is 13.3. The van der Waals surface area contributed by atoms with Gasteiger partial charge < -0.3 is 55.3 Å². The first-order chi connectivity index (χ1) is 19.3. The molecule has 0 aliphatic heterocycles. The van der Waals surface area contributed by atoms with Gasteiger partial charge in [0.1, 0.15) is 25.5 Å². The van der Waals surface area contributed by atoms with Crippen LogP contribution in [0.25, 0.3) is 0 Å². The van der Waals surface area contributed by atoms with Gasteiger partial charge in [-0.3, -0.25) is 19.2 Å². The Hall–Kier alpha value is -2.63. The third-order valence-electron chi connectivity index (χ3n) is 5.30. The van der Waals surface area contributed by atoms with Crippen molar-refractivity contribution in [3.8, 4) is 0 Å². The van der Waals surface area contributed by atoms with Gasteiger partial charge in [-0.1, -0.05) is 0 Å². The zero-order chi connectivity index (χ0) is 29.8. The van der Waals surface area contributed by atoms with E-state index in [1.165, 1.54) is 7.05 Å². The molecule has 0 saturated carbocycles. The van der Waals surface area contributed by atoms with E-state index in [1.807, 2.05) is 0 Å². The molecule has 2 radical (unpaired) electrons. The lowest BCUT2D eigenvalue weighted by Crippen LogP contribution is -2.36. The standard InChI is InChI=1S/C24H44BN5O10/c1-26-20(24(35)36)5-6-21(32)28-8-10-37-12-15-40-18-23(34)29-9-11-38-13-14-39-17-22(33)27-7-3-2-4-19(16-31)30-25/h16,19-20,26,30H,2-15,17-18H2,1H3,(H,27,33)(H,28,32)(H,29,34)(H,35,36). The fourth-order valence-electron chi connectivity index (χ4n) is 3.06. The number of rotatable bonds is 28. The number of nitrogens with one attached hydrogen (secondary N) is 5. The maximum Gasteiger partial charge on any atom is 0.320 e. The van der Waals surface area contributed by atoms with Crippen LogP contribution in [0.1, 0.15) is 32.1 Å². The normalized spacial score (nSPS) is 12.3.